The van der Waals surface area contributed by atoms with Crippen LogP contribution >= 0.6 is 0 Å². The molecule has 0 saturated carbocycles. The van der Waals surface area contributed by atoms with Crippen molar-refractivity contribution in [2.75, 3.05) is 6.54 Å². The molecule has 0 aliphatic carbocycles. The van der Waals surface area contributed by atoms with Crippen LogP contribution in [0.5, 0.6) is 5.75 Å². The van der Waals surface area contributed by atoms with E-state index in [-0.39, 0.29) is 23.3 Å². The highest BCUT2D eigenvalue weighted by Crippen LogP contribution is 2.45. The maximum Gasteiger partial charge on any atom is 0.494 e. The van der Waals surface area contributed by atoms with Gasteiger partial charge in [-0.05, 0) is 108 Å². The van der Waals surface area contributed by atoms with Crippen LogP contribution in [0.4, 0.5) is 4.79 Å². The van der Waals surface area contributed by atoms with Gasteiger partial charge in [-0.15, -0.1) is 0 Å². The normalized spacial score (nSPS) is 21.0. The van der Waals surface area contributed by atoms with Crippen molar-refractivity contribution < 1.29 is 23.6 Å². The Morgan fingerprint density at radius 2 is 1.67 bits per heavy atom. The van der Waals surface area contributed by atoms with Gasteiger partial charge in [-0.1, -0.05) is 24.3 Å². The number of aromatic amines is 1. The van der Waals surface area contributed by atoms with Crippen LogP contribution in [0, 0.1) is 0 Å². The molecular formula is C34H39BN2O5. The van der Waals surface area contributed by atoms with E-state index >= 15 is 0 Å². The average Bonchev–Trinajstić information content (AvgIpc) is 3.62. The first-order valence-corrected chi connectivity index (χ1v) is 15.0. The molecule has 3 aromatic carbocycles. The molecule has 1 atom stereocenters. The minimum absolute atomic E-state index is 0.0266. The van der Waals surface area contributed by atoms with Gasteiger partial charge in [0.05, 0.1) is 17.2 Å². The predicted molar refractivity (Wildman–Crippen MR) is 166 cm³/mol. The van der Waals surface area contributed by atoms with E-state index in [0.717, 1.165) is 62.6 Å². The standard InChI is InChI=1S/C34H39BN2O5/c1-32(2,3)40-31(38)37-16-8-9-29(37)28-18-26-23-12-13-24-22-11-10-21(35-41-33(4,5)34(6,7)42-35)17-20(22)19-39-30(24)25(23)14-15-27(26)36-28/h10-15,17-18,29,36H,8-9,16,19H2,1-7H3/t29-/m0/s1. The van der Waals surface area contributed by atoms with Gasteiger partial charge < -0.3 is 23.8 Å². The zero-order chi connectivity index (χ0) is 29.6. The van der Waals surface area contributed by atoms with Crippen molar-refractivity contribution in [2.24, 2.45) is 0 Å². The van der Waals surface area contributed by atoms with E-state index in [1.165, 1.54) is 5.56 Å². The number of fused-ring (bicyclic) bond motifs is 7. The number of benzene rings is 3. The summed E-state index contributed by atoms with van der Waals surface area (Å²) in [6.07, 6.45) is 1.61. The fourth-order valence-corrected chi connectivity index (χ4v) is 6.46. The lowest BCUT2D eigenvalue weighted by Crippen LogP contribution is -2.41. The molecule has 1 aromatic heterocycles. The van der Waals surface area contributed by atoms with Crippen molar-refractivity contribution in [3.05, 3.63) is 59.8 Å². The van der Waals surface area contributed by atoms with Gasteiger partial charge in [0.25, 0.3) is 0 Å². The molecule has 8 heteroatoms. The van der Waals surface area contributed by atoms with E-state index in [1.807, 2.05) is 25.7 Å². The number of likely N-dealkylation sites (tertiary alicyclic amines) is 1. The maximum absolute atomic E-state index is 12.9. The number of rotatable bonds is 2. The highest BCUT2D eigenvalue weighted by atomic mass is 16.7. The Labute approximate surface area is 247 Å². The number of aromatic nitrogens is 1. The van der Waals surface area contributed by atoms with Gasteiger partial charge >= 0.3 is 13.2 Å². The van der Waals surface area contributed by atoms with E-state index in [9.17, 15) is 4.79 Å². The smallest absolute Gasteiger partial charge is 0.488 e. The van der Waals surface area contributed by atoms with Crippen LogP contribution in [-0.2, 0) is 20.7 Å². The molecule has 0 radical (unpaired) electrons. The van der Waals surface area contributed by atoms with Crippen molar-refractivity contribution in [3.63, 3.8) is 0 Å². The summed E-state index contributed by atoms with van der Waals surface area (Å²) in [5.41, 5.74) is 5.20. The Hall–Kier alpha value is -3.49. The second-order valence-corrected chi connectivity index (χ2v) is 13.9. The zero-order valence-corrected chi connectivity index (χ0v) is 25.6. The maximum atomic E-state index is 12.9. The summed E-state index contributed by atoms with van der Waals surface area (Å²) in [5.74, 6) is 0.907. The summed E-state index contributed by atoms with van der Waals surface area (Å²) in [6.45, 7) is 15.2. The number of hydrogen-bond acceptors (Lipinski definition) is 5. The van der Waals surface area contributed by atoms with Gasteiger partial charge in [-0.3, -0.25) is 4.90 Å². The van der Waals surface area contributed by atoms with E-state index in [2.05, 4.69) is 81.2 Å². The molecule has 0 spiro atoms. The van der Waals surface area contributed by atoms with Crippen LogP contribution in [0.15, 0.2) is 48.5 Å². The molecule has 1 N–H and O–H groups in total. The Bertz CT molecular complexity index is 1720. The number of ether oxygens (including phenoxy) is 2. The van der Waals surface area contributed by atoms with Crippen LogP contribution in [0.25, 0.3) is 32.8 Å². The highest BCUT2D eigenvalue weighted by Gasteiger charge is 2.51. The van der Waals surface area contributed by atoms with Gasteiger partial charge in [0.15, 0.2) is 0 Å². The molecule has 4 aromatic rings. The summed E-state index contributed by atoms with van der Waals surface area (Å²) >= 11 is 0. The molecule has 7 rings (SSSR count). The largest absolute Gasteiger partial charge is 0.494 e. The molecule has 218 valence electrons. The highest BCUT2D eigenvalue weighted by molar-refractivity contribution is 6.62. The molecule has 7 nitrogen and oxygen atoms in total. The Morgan fingerprint density at radius 1 is 0.952 bits per heavy atom. The van der Waals surface area contributed by atoms with E-state index in [4.69, 9.17) is 18.8 Å². The minimum Gasteiger partial charge on any atom is -0.488 e. The third-order valence-electron chi connectivity index (χ3n) is 9.33. The second-order valence-electron chi connectivity index (χ2n) is 13.9. The van der Waals surface area contributed by atoms with Gasteiger partial charge in [-0.25, -0.2) is 4.79 Å². The SMILES string of the molecule is CC(C)(C)OC(=O)N1CCC[C@H]1c1cc2c(ccc3c4c(ccc32)-c2ccc(B3OC(C)(C)C(C)(C)O3)cc2CO4)[nH]1. The molecule has 3 aliphatic heterocycles. The van der Waals surface area contributed by atoms with Gasteiger partial charge in [0, 0.05) is 34.1 Å². The molecule has 0 bridgehead atoms. The molecule has 4 heterocycles. The van der Waals surface area contributed by atoms with Crippen LogP contribution in [0.1, 0.15) is 78.6 Å². The van der Waals surface area contributed by atoms with Gasteiger partial charge in [-0.2, -0.15) is 0 Å². The molecule has 42 heavy (non-hydrogen) atoms. The number of carbonyl (C=O) groups is 1. The summed E-state index contributed by atoms with van der Waals surface area (Å²) in [5, 5.41) is 3.35. The summed E-state index contributed by atoms with van der Waals surface area (Å²) in [7, 11) is -0.402. The molecule has 2 saturated heterocycles. The van der Waals surface area contributed by atoms with Crippen LogP contribution in [0.2, 0.25) is 0 Å². The van der Waals surface area contributed by atoms with E-state index in [1.54, 1.807) is 0 Å². The average molecular weight is 567 g/mol. The lowest BCUT2D eigenvalue weighted by atomic mass is 9.77. The Balaban J connectivity index is 1.22. The number of H-pyrrole nitrogens is 1. The summed E-state index contributed by atoms with van der Waals surface area (Å²) < 4.78 is 24.7. The summed E-state index contributed by atoms with van der Waals surface area (Å²) in [4.78, 5) is 18.4. The van der Waals surface area contributed by atoms with Crippen LogP contribution in [0.3, 0.4) is 0 Å². The molecule has 0 unspecified atom stereocenters. The quantitative estimate of drug-likeness (QED) is 0.259. The first-order valence-electron chi connectivity index (χ1n) is 15.0. The fraction of sp³-hybridized carbons (Fsp3) is 0.441. The van der Waals surface area contributed by atoms with Crippen LogP contribution in [-0.4, -0.2) is 46.4 Å². The third-order valence-corrected chi connectivity index (χ3v) is 9.33. The van der Waals surface area contributed by atoms with E-state index < -0.39 is 12.7 Å². The Kier molecular flexibility index (Phi) is 6.03. The van der Waals surface area contributed by atoms with Crippen LogP contribution < -0.4 is 10.2 Å². The topological polar surface area (TPSA) is 73.0 Å². The first kappa shape index (κ1) is 27.4. The van der Waals surface area contributed by atoms with Crippen molar-refractivity contribution >= 4 is 40.3 Å². The zero-order valence-electron chi connectivity index (χ0n) is 25.6. The second kappa shape index (κ2) is 9.26. The third kappa shape index (κ3) is 4.38. The monoisotopic (exact) mass is 566 g/mol. The molecule has 3 aliphatic rings. The minimum atomic E-state index is -0.522. The van der Waals surface area contributed by atoms with Crippen molar-refractivity contribution in [3.8, 4) is 16.9 Å². The molecule has 2 fully saturated rings. The van der Waals surface area contributed by atoms with Crippen molar-refractivity contribution in [2.45, 2.75) is 90.8 Å². The number of carbonyl (C=O) groups excluding carboxylic acids is 1. The Morgan fingerprint density at radius 3 is 2.40 bits per heavy atom. The number of nitrogens with zero attached hydrogens (tertiary/aromatic N) is 1. The van der Waals surface area contributed by atoms with Gasteiger partial charge in [0.1, 0.15) is 18.0 Å². The molecular weight excluding hydrogens is 527 g/mol. The van der Waals surface area contributed by atoms with Crippen molar-refractivity contribution in [1.82, 2.24) is 9.88 Å². The molecule has 1 amide bonds. The number of hydrogen-bond donors (Lipinski definition) is 1. The lowest BCUT2D eigenvalue weighted by Gasteiger charge is -2.32. The van der Waals surface area contributed by atoms with E-state index in [0.29, 0.717) is 13.2 Å². The number of amides is 1. The first-order chi connectivity index (χ1) is 19.8. The van der Waals surface area contributed by atoms with Gasteiger partial charge in [0.2, 0.25) is 0 Å². The van der Waals surface area contributed by atoms with Crippen molar-refractivity contribution in [1.29, 1.82) is 0 Å². The predicted octanol–water partition coefficient (Wildman–Crippen LogP) is 7.25. The number of nitrogens with one attached hydrogen (secondary N) is 1. The summed E-state index contributed by atoms with van der Waals surface area (Å²) in [6, 6.07) is 17.2. The fourth-order valence-electron chi connectivity index (χ4n) is 6.46. The lowest BCUT2D eigenvalue weighted by molar-refractivity contribution is 0.00578.